The number of hydrogen-bond donors (Lipinski definition) is 2. The zero-order chi connectivity index (χ0) is 12.8. The molecule has 0 spiro atoms. The van der Waals surface area contributed by atoms with Crippen molar-refractivity contribution in [2.24, 2.45) is 0 Å². The van der Waals surface area contributed by atoms with Crippen LogP contribution in [0.15, 0.2) is 12.3 Å². The summed E-state index contributed by atoms with van der Waals surface area (Å²) in [4.78, 5) is 15.4. The van der Waals surface area contributed by atoms with Crippen molar-refractivity contribution in [3.05, 3.63) is 17.8 Å². The van der Waals surface area contributed by atoms with Crippen LogP contribution in [-0.2, 0) is 4.79 Å². The van der Waals surface area contributed by atoms with Crippen LogP contribution in [0.4, 0.5) is 24.7 Å². The largest absolute Gasteiger partial charge is 0.420 e. The van der Waals surface area contributed by atoms with Gasteiger partial charge in [-0.2, -0.15) is 13.2 Å². The normalized spacial score (nSPS) is 23.7. The number of amides is 1. The zero-order valence-corrected chi connectivity index (χ0v) is 9.14. The Morgan fingerprint density at radius 2 is 2.06 bits per heavy atom. The quantitative estimate of drug-likeness (QED) is 0.735. The molecule has 1 aromatic rings. The summed E-state index contributed by atoms with van der Waals surface area (Å²) in [7, 11) is 0. The Bertz CT molecular complexity index is 486. The number of carbonyl (C=O) groups excluding carboxylic acids is 1. The summed E-state index contributed by atoms with van der Waals surface area (Å²) in [6.45, 7) is 2.47. The van der Waals surface area contributed by atoms with Crippen LogP contribution in [0.2, 0.25) is 0 Å². The van der Waals surface area contributed by atoms with Crippen LogP contribution in [0.5, 0.6) is 0 Å². The molecule has 0 aromatic carbocycles. The van der Waals surface area contributed by atoms with Gasteiger partial charge in [0.05, 0.1) is 5.69 Å². The van der Waals surface area contributed by atoms with Gasteiger partial charge in [-0.05, 0) is 25.5 Å². The lowest BCUT2D eigenvalue weighted by molar-refractivity contribution is -0.179. The van der Waals surface area contributed by atoms with Crippen LogP contribution in [0.25, 0.3) is 0 Å². The van der Waals surface area contributed by atoms with Crippen molar-refractivity contribution in [2.75, 3.05) is 10.6 Å². The number of nitrogens with one attached hydrogen (secondary N) is 2. The van der Waals surface area contributed by atoms with Crippen LogP contribution in [0, 0.1) is 6.92 Å². The molecular formula is C10H10F3N3O. The van der Waals surface area contributed by atoms with Crippen molar-refractivity contribution < 1.29 is 18.0 Å². The summed E-state index contributed by atoms with van der Waals surface area (Å²) in [5, 5.41) is 4.40. The first-order valence-corrected chi connectivity index (χ1v) is 4.87. The van der Waals surface area contributed by atoms with E-state index in [-0.39, 0.29) is 5.82 Å². The van der Waals surface area contributed by atoms with Gasteiger partial charge in [-0.3, -0.25) is 4.79 Å². The highest BCUT2D eigenvalue weighted by Gasteiger charge is 2.59. The smallest absolute Gasteiger partial charge is 0.347 e. The maximum absolute atomic E-state index is 12.8. The molecule has 1 unspecified atom stereocenters. The molecule has 0 saturated carbocycles. The second kappa shape index (κ2) is 3.35. The fraction of sp³-hybridized carbons (Fsp3) is 0.400. The third-order valence-corrected chi connectivity index (χ3v) is 2.79. The lowest BCUT2D eigenvalue weighted by Crippen LogP contribution is -2.60. The topological polar surface area (TPSA) is 54.0 Å². The number of rotatable bonds is 0. The van der Waals surface area contributed by atoms with E-state index in [9.17, 15) is 18.0 Å². The van der Waals surface area contributed by atoms with Crippen LogP contribution >= 0.6 is 0 Å². The molecular weight excluding hydrogens is 235 g/mol. The number of carbonyl (C=O) groups is 1. The molecule has 0 saturated heterocycles. The standard InChI is InChI=1S/C10H10F3N3O/c1-5-3-4-14-7-6(5)15-8(17)9(2,16-7)10(11,12)13/h3-4H,1-2H3,(H,14,16)(H,15,17). The van der Waals surface area contributed by atoms with Gasteiger partial charge in [-0.25, -0.2) is 4.98 Å². The molecule has 92 valence electrons. The molecule has 0 radical (unpaired) electrons. The Hall–Kier alpha value is -1.79. The molecule has 17 heavy (non-hydrogen) atoms. The summed E-state index contributed by atoms with van der Waals surface area (Å²) in [6, 6.07) is 1.61. The van der Waals surface area contributed by atoms with Gasteiger partial charge in [0.1, 0.15) is 0 Å². The molecule has 2 rings (SSSR count). The SMILES string of the molecule is Cc1ccnc2c1NC(=O)C(C)(C(F)(F)F)N2. The van der Waals surface area contributed by atoms with E-state index in [0.717, 1.165) is 6.92 Å². The van der Waals surface area contributed by atoms with Gasteiger partial charge in [-0.1, -0.05) is 0 Å². The third-order valence-electron chi connectivity index (χ3n) is 2.79. The summed E-state index contributed by atoms with van der Waals surface area (Å²) in [5.41, 5.74) is -1.71. The molecule has 0 aliphatic carbocycles. The molecule has 7 heteroatoms. The lowest BCUT2D eigenvalue weighted by Gasteiger charge is -2.36. The van der Waals surface area contributed by atoms with Crippen molar-refractivity contribution in [2.45, 2.75) is 25.6 Å². The van der Waals surface area contributed by atoms with E-state index < -0.39 is 17.6 Å². The van der Waals surface area contributed by atoms with Crippen LogP contribution in [0.3, 0.4) is 0 Å². The molecule has 1 aromatic heterocycles. The van der Waals surface area contributed by atoms with E-state index in [1.54, 1.807) is 13.0 Å². The highest BCUT2D eigenvalue weighted by molar-refractivity contribution is 6.06. The third kappa shape index (κ3) is 1.62. The molecule has 1 aliphatic heterocycles. The number of hydrogen-bond acceptors (Lipinski definition) is 3. The van der Waals surface area contributed by atoms with Crippen molar-refractivity contribution in [1.82, 2.24) is 4.98 Å². The van der Waals surface area contributed by atoms with Crippen molar-refractivity contribution in [1.29, 1.82) is 0 Å². The van der Waals surface area contributed by atoms with Gasteiger partial charge < -0.3 is 10.6 Å². The Morgan fingerprint density at radius 1 is 1.41 bits per heavy atom. The average molecular weight is 245 g/mol. The first kappa shape index (κ1) is 11.7. The number of anilines is 2. The van der Waals surface area contributed by atoms with Crippen LogP contribution in [0.1, 0.15) is 12.5 Å². The fourth-order valence-corrected chi connectivity index (χ4v) is 1.54. The van der Waals surface area contributed by atoms with E-state index in [0.29, 0.717) is 11.3 Å². The highest BCUT2D eigenvalue weighted by Crippen LogP contribution is 2.39. The van der Waals surface area contributed by atoms with Crippen LogP contribution < -0.4 is 10.6 Å². The first-order valence-electron chi connectivity index (χ1n) is 4.87. The Labute approximate surface area is 95.2 Å². The second-order valence-corrected chi connectivity index (χ2v) is 4.05. The molecule has 1 atom stereocenters. The van der Waals surface area contributed by atoms with Gasteiger partial charge in [-0.15, -0.1) is 0 Å². The van der Waals surface area contributed by atoms with E-state index in [4.69, 9.17) is 0 Å². The van der Waals surface area contributed by atoms with Gasteiger partial charge >= 0.3 is 6.18 Å². The van der Waals surface area contributed by atoms with Crippen molar-refractivity contribution in [3.63, 3.8) is 0 Å². The van der Waals surface area contributed by atoms with Crippen LogP contribution in [-0.4, -0.2) is 22.6 Å². The van der Waals surface area contributed by atoms with Gasteiger partial charge in [0, 0.05) is 6.20 Å². The zero-order valence-electron chi connectivity index (χ0n) is 9.14. The summed E-state index contributed by atoms with van der Waals surface area (Å²) >= 11 is 0. The van der Waals surface area contributed by atoms with E-state index in [1.807, 2.05) is 0 Å². The number of nitrogens with zero attached hydrogens (tertiary/aromatic N) is 1. The Morgan fingerprint density at radius 3 is 2.65 bits per heavy atom. The minimum Gasteiger partial charge on any atom is -0.347 e. The number of alkyl halides is 3. The summed E-state index contributed by atoms with van der Waals surface area (Å²) < 4.78 is 38.5. The predicted molar refractivity (Wildman–Crippen MR) is 55.7 cm³/mol. The average Bonchev–Trinajstić information content (AvgIpc) is 2.20. The Kier molecular flexibility index (Phi) is 2.30. The summed E-state index contributed by atoms with van der Waals surface area (Å²) in [5.74, 6) is -1.10. The predicted octanol–water partition coefficient (Wildman–Crippen LogP) is 2.08. The van der Waals surface area contributed by atoms with E-state index in [2.05, 4.69) is 15.6 Å². The van der Waals surface area contributed by atoms with Gasteiger partial charge in [0.15, 0.2) is 5.82 Å². The van der Waals surface area contributed by atoms with E-state index in [1.165, 1.54) is 6.20 Å². The van der Waals surface area contributed by atoms with E-state index >= 15 is 0 Å². The van der Waals surface area contributed by atoms with Crippen molar-refractivity contribution >= 4 is 17.4 Å². The maximum Gasteiger partial charge on any atom is 0.420 e. The molecule has 0 bridgehead atoms. The molecule has 2 heterocycles. The minimum absolute atomic E-state index is 0.0319. The molecule has 0 fully saturated rings. The molecule has 1 aliphatic rings. The van der Waals surface area contributed by atoms with Gasteiger partial charge in [0.25, 0.3) is 5.91 Å². The first-order chi connectivity index (χ1) is 7.75. The molecule has 4 nitrogen and oxygen atoms in total. The lowest BCUT2D eigenvalue weighted by atomic mass is 9.97. The number of fused-ring (bicyclic) bond motifs is 1. The number of pyridine rings is 1. The number of aromatic nitrogens is 1. The Balaban J connectivity index is 2.51. The molecule has 2 N–H and O–H groups in total. The highest BCUT2D eigenvalue weighted by atomic mass is 19.4. The minimum atomic E-state index is -4.69. The van der Waals surface area contributed by atoms with Gasteiger partial charge in [0.2, 0.25) is 5.54 Å². The fourth-order valence-electron chi connectivity index (χ4n) is 1.54. The number of aryl methyl sites for hydroxylation is 1. The maximum atomic E-state index is 12.8. The summed E-state index contributed by atoms with van der Waals surface area (Å²) in [6.07, 6.45) is -3.31. The monoisotopic (exact) mass is 245 g/mol. The number of halogens is 3. The molecule has 1 amide bonds. The second-order valence-electron chi connectivity index (χ2n) is 4.05. The van der Waals surface area contributed by atoms with Crippen molar-refractivity contribution in [3.8, 4) is 0 Å².